The van der Waals surface area contributed by atoms with E-state index in [9.17, 15) is 4.39 Å². The summed E-state index contributed by atoms with van der Waals surface area (Å²) in [6.07, 6.45) is 0.700. The summed E-state index contributed by atoms with van der Waals surface area (Å²) in [5.41, 5.74) is 6.57. The van der Waals surface area contributed by atoms with Gasteiger partial charge in [0.1, 0.15) is 17.3 Å². The summed E-state index contributed by atoms with van der Waals surface area (Å²) >= 11 is 6.65. The molecule has 0 unspecified atom stereocenters. The molecule has 0 aromatic heterocycles. The summed E-state index contributed by atoms with van der Waals surface area (Å²) < 4.78 is 20.6. The largest absolute Gasteiger partial charge is 0.457 e. The lowest BCUT2D eigenvalue weighted by Gasteiger charge is -2.11. The zero-order valence-electron chi connectivity index (χ0n) is 10.00. The standard InChI is InChI=1S/C14H12Br2FNO/c15-10-1-2-14(9(5-10)3-4-18)19-13-7-11(16)6-12(17)8-13/h1-2,5-8H,3-4,18H2. The third kappa shape index (κ3) is 4.03. The Morgan fingerprint density at radius 3 is 2.53 bits per heavy atom. The highest BCUT2D eigenvalue weighted by Crippen LogP contribution is 2.30. The maximum Gasteiger partial charge on any atom is 0.131 e. The van der Waals surface area contributed by atoms with Gasteiger partial charge in [-0.25, -0.2) is 4.39 Å². The van der Waals surface area contributed by atoms with Crippen LogP contribution in [0.25, 0.3) is 0 Å². The molecule has 0 heterocycles. The molecule has 2 N–H and O–H groups in total. The monoisotopic (exact) mass is 387 g/mol. The molecular weight excluding hydrogens is 377 g/mol. The van der Waals surface area contributed by atoms with Crippen LogP contribution >= 0.6 is 31.9 Å². The van der Waals surface area contributed by atoms with Gasteiger partial charge in [-0.15, -0.1) is 0 Å². The molecule has 0 bridgehead atoms. The summed E-state index contributed by atoms with van der Waals surface area (Å²) in [4.78, 5) is 0. The molecule has 2 nitrogen and oxygen atoms in total. The zero-order valence-corrected chi connectivity index (χ0v) is 13.2. The van der Waals surface area contributed by atoms with E-state index in [1.165, 1.54) is 12.1 Å². The molecule has 19 heavy (non-hydrogen) atoms. The molecule has 0 aliphatic heterocycles. The van der Waals surface area contributed by atoms with E-state index in [-0.39, 0.29) is 5.82 Å². The molecule has 0 aliphatic carbocycles. The van der Waals surface area contributed by atoms with Crippen LogP contribution in [0.4, 0.5) is 4.39 Å². The number of hydrogen-bond acceptors (Lipinski definition) is 2. The van der Waals surface area contributed by atoms with Gasteiger partial charge >= 0.3 is 0 Å². The number of rotatable bonds is 4. The third-order valence-corrected chi connectivity index (χ3v) is 3.45. The third-order valence-electron chi connectivity index (χ3n) is 2.50. The lowest BCUT2D eigenvalue weighted by atomic mass is 10.1. The van der Waals surface area contributed by atoms with Crippen molar-refractivity contribution in [2.24, 2.45) is 5.73 Å². The van der Waals surface area contributed by atoms with Gasteiger partial charge in [0.15, 0.2) is 0 Å². The van der Waals surface area contributed by atoms with Crippen molar-refractivity contribution in [3.8, 4) is 11.5 Å². The lowest BCUT2D eigenvalue weighted by molar-refractivity contribution is 0.470. The van der Waals surface area contributed by atoms with E-state index < -0.39 is 0 Å². The van der Waals surface area contributed by atoms with Crippen LogP contribution in [0.2, 0.25) is 0 Å². The van der Waals surface area contributed by atoms with Gasteiger partial charge in [0.05, 0.1) is 0 Å². The van der Waals surface area contributed by atoms with E-state index in [0.29, 0.717) is 28.9 Å². The van der Waals surface area contributed by atoms with Crippen molar-refractivity contribution in [1.29, 1.82) is 0 Å². The normalized spacial score (nSPS) is 10.5. The van der Waals surface area contributed by atoms with Crippen molar-refractivity contribution < 1.29 is 9.13 Å². The first kappa shape index (κ1) is 14.5. The van der Waals surface area contributed by atoms with E-state index in [1.54, 1.807) is 6.07 Å². The topological polar surface area (TPSA) is 35.2 Å². The summed E-state index contributed by atoms with van der Waals surface area (Å²) in [7, 11) is 0. The van der Waals surface area contributed by atoms with Crippen molar-refractivity contribution >= 4 is 31.9 Å². The highest BCUT2D eigenvalue weighted by atomic mass is 79.9. The van der Waals surface area contributed by atoms with Crippen LogP contribution in [0.3, 0.4) is 0 Å². The van der Waals surface area contributed by atoms with Crippen LogP contribution in [0.5, 0.6) is 11.5 Å². The second-order valence-corrected chi connectivity index (χ2v) is 5.83. The number of benzene rings is 2. The van der Waals surface area contributed by atoms with Crippen molar-refractivity contribution in [2.75, 3.05) is 6.54 Å². The molecule has 0 atom stereocenters. The minimum atomic E-state index is -0.345. The maximum absolute atomic E-state index is 13.3. The van der Waals surface area contributed by atoms with Gasteiger partial charge < -0.3 is 10.5 Å². The first-order valence-corrected chi connectivity index (χ1v) is 7.29. The van der Waals surface area contributed by atoms with Crippen molar-refractivity contribution in [3.05, 3.63) is 56.7 Å². The zero-order chi connectivity index (χ0) is 13.8. The predicted octanol–water partition coefficient (Wildman–Crippen LogP) is 4.64. The Labute approximate surface area is 128 Å². The van der Waals surface area contributed by atoms with Gasteiger partial charge in [-0.05, 0) is 48.9 Å². The van der Waals surface area contributed by atoms with Crippen molar-refractivity contribution in [1.82, 2.24) is 0 Å². The summed E-state index contributed by atoms with van der Waals surface area (Å²) in [5.74, 6) is 0.792. The molecule has 100 valence electrons. The molecule has 0 aliphatic rings. The van der Waals surface area contributed by atoms with Crippen LogP contribution in [-0.4, -0.2) is 6.54 Å². The fraction of sp³-hybridized carbons (Fsp3) is 0.143. The minimum absolute atomic E-state index is 0.345. The smallest absolute Gasteiger partial charge is 0.131 e. The number of hydrogen-bond donors (Lipinski definition) is 1. The van der Waals surface area contributed by atoms with Gasteiger partial charge in [0.2, 0.25) is 0 Å². The molecule has 2 aromatic rings. The highest BCUT2D eigenvalue weighted by Gasteiger charge is 2.07. The Hall–Kier alpha value is -0.910. The minimum Gasteiger partial charge on any atom is -0.457 e. The van der Waals surface area contributed by atoms with Gasteiger partial charge in [-0.3, -0.25) is 0 Å². The fourth-order valence-electron chi connectivity index (χ4n) is 1.71. The number of ether oxygens (including phenoxy) is 1. The number of halogens is 3. The molecule has 0 fully saturated rings. The summed E-state index contributed by atoms with van der Waals surface area (Å²) in [5, 5.41) is 0. The Kier molecular flexibility index (Phi) is 4.96. The number of nitrogens with two attached hydrogens (primary N) is 1. The fourth-order valence-corrected chi connectivity index (χ4v) is 2.57. The van der Waals surface area contributed by atoms with E-state index in [4.69, 9.17) is 10.5 Å². The maximum atomic E-state index is 13.3. The average molecular weight is 389 g/mol. The molecule has 2 rings (SSSR count). The van der Waals surface area contributed by atoms with Gasteiger partial charge in [0, 0.05) is 15.0 Å². The van der Waals surface area contributed by atoms with Gasteiger partial charge in [-0.2, -0.15) is 0 Å². The molecule has 0 radical (unpaired) electrons. The van der Waals surface area contributed by atoms with Crippen LogP contribution in [0.1, 0.15) is 5.56 Å². The molecule has 0 saturated heterocycles. The summed E-state index contributed by atoms with van der Waals surface area (Å²) in [6, 6.07) is 10.1. The molecular formula is C14H12Br2FNO. The highest BCUT2D eigenvalue weighted by molar-refractivity contribution is 9.10. The Morgan fingerprint density at radius 2 is 1.84 bits per heavy atom. The first-order valence-electron chi connectivity index (χ1n) is 5.71. The van der Waals surface area contributed by atoms with Crippen LogP contribution in [0, 0.1) is 5.82 Å². The Balaban J connectivity index is 2.31. The van der Waals surface area contributed by atoms with Crippen molar-refractivity contribution in [2.45, 2.75) is 6.42 Å². The van der Waals surface area contributed by atoms with Gasteiger partial charge in [0.25, 0.3) is 0 Å². The second kappa shape index (κ2) is 6.50. The Bertz CT molecular complexity index is 569. The van der Waals surface area contributed by atoms with E-state index in [0.717, 1.165) is 10.0 Å². The van der Waals surface area contributed by atoms with Crippen LogP contribution in [0.15, 0.2) is 45.3 Å². The molecule has 5 heteroatoms. The molecule has 2 aromatic carbocycles. The molecule has 0 saturated carbocycles. The summed E-state index contributed by atoms with van der Waals surface area (Å²) in [6.45, 7) is 0.527. The Morgan fingerprint density at radius 1 is 1.05 bits per heavy atom. The van der Waals surface area contributed by atoms with E-state index in [2.05, 4.69) is 31.9 Å². The molecule has 0 spiro atoms. The van der Waals surface area contributed by atoms with Crippen LogP contribution in [-0.2, 0) is 6.42 Å². The van der Waals surface area contributed by atoms with E-state index in [1.807, 2.05) is 18.2 Å². The predicted molar refractivity (Wildman–Crippen MR) is 81.1 cm³/mol. The second-order valence-electron chi connectivity index (χ2n) is 4.00. The van der Waals surface area contributed by atoms with E-state index >= 15 is 0 Å². The average Bonchev–Trinajstić information content (AvgIpc) is 2.32. The quantitative estimate of drug-likeness (QED) is 0.827. The van der Waals surface area contributed by atoms with Crippen molar-refractivity contribution in [3.63, 3.8) is 0 Å². The SMILES string of the molecule is NCCc1cc(Br)ccc1Oc1cc(F)cc(Br)c1. The molecule has 0 amide bonds. The van der Waals surface area contributed by atoms with Crippen LogP contribution < -0.4 is 10.5 Å². The first-order chi connectivity index (χ1) is 9.08. The van der Waals surface area contributed by atoms with Gasteiger partial charge in [-0.1, -0.05) is 31.9 Å². The lowest BCUT2D eigenvalue weighted by Crippen LogP contribution is -2.04.